The molecule has 0 radical (unpaired) electrons. The van der Waals surface area contributed by atoms with Gasteiger partial charge in [-0.3, -0.25) is 18.2 Å². The van der Waals surface area contributed by atoms with E-state index in [2.05, 4.69) is 13.5 Å². The molecular weight excluding hydrogens is 1250 g/mol. The lowest BCUT2D eigenvalue weighted by Crippen LogP contribution is -2.16. The summed E-state index contributed by atoms with van der Waals surface area (Å²) in [5, 5.41) is 24.4. The molecule has 0 saturated heterocycles. The molecule has 0 atom stereocenters. The van der Waals surface area contributed by atoms with Crippen molar-refractivity contribution in [2.24, 2.45) is 5.11 Å². The largest absolute Gasteiger partial charge is 0.507 e. The number of sulfone groups is 2. The van der Waals surface area contributed by atoms with Gasteiger partial charge < -0.3 is 50.3 Å². The topological polar surface area (TPSA) is 563 Å². The molecule has 8 aromatic carbocycles. The van der Waals surface area contributed by atoms with Gasteiger partial charge in [0.05, 0.1) is 51.6 Å². The van der Waals surface area contributed by atoms with Crippen LogP contribution in [0.2, 0.25) is 0 Å². The van der Waals surface area contributed by atoms with E-state index in [4.69, 9.17) is 63.9 Å². The van der Waals surface area contributed by atoms with Crippen molar-refractivity contribution in [1.29, 1.82) is 5.53 Å². The standard InChI is InChI=1S/C12H12N2S.C10H10N2O4S.C10H10N2O.C8H10N2O9S3.C8H11NO6S2/c13-9-3-1-5-11(7-9)15-12-6-2-4-10(14)8-12;11-6-1-2-7-5(3-6)4-8(17(14,15)16)9(12)10(7)13;11-7-5-4-6-2-1-3-8(13)9(6)10(7)12;9-10-7-2-1-6(5-8(7)21(13,14)15)20(11,12)4-3-19-22(16,17)18;9-7-1-3-8(4-2-7)16(10,11)6-5-15-17(12,13)14/h1-8H,13-14H2;1-4,13H,11-12H2,(H,14,15,16);1-5,13H,11-12H2;1-2,5,9H,3-4H2,(H,13,14,15)(H,16,17,18);1-4H,5-6,9H2,(H,12,13,14). The van der Waals surface area contributed by atoms with Gasteiger partial charge in [-0.25, -0.2) is 30.7 Å². The summed E-state index contributed by atoms with van der Waals surface area (Å²) in [6.45, 7) is -1.54. The molecule has 0 aliphatic rings. The van der Waals surface area contributed by atoms with Crippen molar-refractivity contribution in [2.75, 3.05) is 64.9 Å². The normalized spacial score (nSPS) is 11.8. The van der Waals surface area contributed by atoms with Gasteiger partial charge in [-0.15, -0.1) is 0 Å². The van der Waals surface area contributed by atoms with Gasteiger partial charge in [0.15, 0.2) is 19.7 Å². The van der Waals surface area contributed by atoms with E-state index in [0.717, 1.165) is 44.8 Å². The van der Waals surface area contributed by atoms with E-state index >= 15 is 0 Å². The van der Waals surface area contributed by atoms with Gasteiger partial charge in [0.1, 0.15) is 27.0 Å². The highest BCUT2D eigenvalue weighted by molar-refractivity contribution is 7.99. The Balaban J connectivity index is 0.000000227. The fourth-order valence-corrected chi connectivity index (χ4v) is 12.0. The average Bonchev–Trinajstić information content (AvgIpc) is 1.78. The molecule has 0 heterocycles. The first-order valence-electron chi connectivity index (χ1n) is 22.8. The fourth-order valence-electron chi connectivity index (χ4n) is 6.70. The van der Waals surface area contributed by atoms with Crippen LogP contribution in [0.3, 0.4) is 0 Å². The molecule has 8 aromatic rings. The third-order valence-corrected chi connectivity index (χ3v) is 17.6. The molecule has 0 bridgehead atoms. The minimum atomic E-state index is -4.82. The number of rotatable bonds is 15. The smallest absolute Gasteiger partial charge is 0.397 e. The highest BCUT2D eigenvalue weighted by Crippen LogP contribution is 2.37. The van der Waals surface area contributed by atoms with Crippen LogP contribution in [0.25, 0.3) is 21.5 Å². The third-order valence-electron chi connectivity index (χ3n) is 10.6. The Morgan fingerprint density at radius 3 is 1.43 bits per heavy atom. The molecule has 0 fully saturated rings. The highest BCUT2D eigenvalue weighted by atomic mass is 32.3. The summed E-state index contributed by atoms with van der Waals surface area (Å²) < 4.78 is 175. The zero-order valence-corrected chi connectivity index (χ0v) is 48.6. The number of hydrogen-bond donors (Lipinski definition) is 14. The first-order chi connectivity index (χ1) is 38.8. The van der Waals surface area contributed by atoms with E-state index in [0.29, 0.717) is 45.0 Å². The second kappa shape index (κ2) is 28.4. The Morgan fingerprint density at radius 1 is 0.464 bits per heavy atom. The first-order valence-corrected chi connectivity index (χ1v) is 32.5. The number of nitrogens with one attached hydrogen (secondary N) is 1. The molecule has 0 aliphatic heterocycles. The molecule has 0 unspecified atom stereocenters. The van der Waals surface area contributed by atoms with E-state index in [9.17, 15) is 60.7 Å². The lowest BCUT2D eigenvalue weighted by Gasteiger charge is -2.09. The molecule has 84 heavy (non-hydrogen) atoms. The highest BCUT2D eigenvalue weighted by Gasteiger charge is 2.23. The average molecular weight is 1300 g/mol. The molecule has 29 nitrogen and oxygen atoms in total. The molecular formula is C48H53N9O20S7. The lowest BCUT2D eigenvalue weighted by atomic mass is 10.1. The van der Waals surface area contributed by atoms with Crippen LogP contribution in [0.1, 0.15) is 0 Å². The van der Waals surface area contributed by atoms with Gasteiger partial charge in [-0.2, -0.15) is 38.8 Å². The molecule has 0 aliphatic carbocycles. The first kappa shape index (κ1) is 68.4. The minimum Gasteiger partial charge on any atom is -0.507 e. The number of fused-ring (bicyclic) bond motifs is 2. The summed E-state index contributed by atoms with van der Waals surface area (Å²) in [7, 11) is -26.6. The van der Waals surface area contributed by atoms with Gasteiger partial charge in [-0.05, 0) is 126 Å². The predicted molar refractivity (Wildman–Crippen MR) is 316 cm³/mol. The van der Waals surface area contributed by atoms with Crippen LogP contribution in [0, 0.1) is 5.53 Å². The third kappa shape index (κ3) is 20.9. The number of nitrogen functional groups attached to an aromatic ring is 7. The number of phenolic OH excluding ortho intramolecular Hbond substituents is 2. The number of benzene rings is 8. The van der Waals surface area contributed by atoms with Crippen molar-refractivity contribution in [3.05, 3.63) is 146 Å². The fraction of sp³-hybridized carbons (Fsp3) is 0.0833. The maximum absolute atomic E-state index is 11.9. The maximum Gasteiger partial charge on any atom is 0.397 e. The van der Waals surface area contributed by atoms with Crippen LogP contribution < -0.4 is 40.1 Å². The molecule has 0 spiro atoms. The summed E-state index contributed by atoms with van der Waals surface area (Å²) in [6.07, 6.45) is 0. The number of aromatic hydroxyl groups is 2. The Labute approximate surface area is 485 Å². The predicted octanol–water partition coefficient (Wildman–Crippen LogP) is 5.72. The summed E-state index contributed by atoms with van der Waals surface area (Å²) in [6, 6.07) is 38.0. The zero-order chi connectivity index (χ0) is 63.2. The lowest BCUT2D eigenvalue weighted by molar-refractivity contribution is 0.282. The van der Waals surface area contributed by atoms with Crippen molar-refractivity contribution in [3.63, 3.8) is 0 Å². The van der Waals surface area contributed by atoms with Crippen LogP contribution in [-0.4, -0.2) is 104 Å². The summed E-state index contributed by atoms with van der Waals surface area (Å²) in [5.41, 5.74) is 48.4. The van der Waals surface area contributed by atoms with Gasteiger partial charge in [-0.1, -0.05) is 42.1 Å². The van der Waals surface area contributed by atoms with Gasteiger partial charge in [0.2, 0.25) is 0 Å². The van der Waals surface area contributed by atoms with Crippen LogP contribution in [0.15, 0.2) is 180 Å². The van der Waals surface area contributed by atoms with E-state index in [1.165, 1.54) is 36.4 Å². The molecule has 452 valence electrons. The van der Waals surface area contributed by atoms with Crippen molar-refractivity contribution >= 4 is 140 Å². The molecule has 0 saturated carbocycles. The SMILES string of the molecule is N=Nc1ccc(S(=O)(=O)CCOS(=O)(=O)O)cc1S(=O)(=O)O.Nc1ccc(S(=O)(=O)CCOS(=O)(=O)O)cc1.Nc1ccc2c(O)c(N)c(S(=O)(=O)O)cc2c1.Nc1ccc2cccc(O)c2c1N.Nc1cccc(Sc2cccc(N)c2)c1. The van der Waals surface area contributed by atoms with E-state index < -0.39 is 112 Å². The Hall–Kier alpha value is -8.11. The van der Waals surface area contributed by atoms with E-state index in [1.807, 2.05) is 60.7 Å². The van der Waals surface area contributed by atoms with Crippen molar-refractivity contribution < 1.29 is 87.3 Å². The summed E-state index contributed by atoms with van der Waals surface area (Å²) in [4.78, 5) is 0.269. The van der Waals surface area contributed by atoms with Gasteiger partial charge in [0.25, 0.3) is 20.2 Å². The van der Waals surface area contributed by atoms with Gasteiger partial charge >= 0.3 is 20.8 Å². The number of hydrogen-bond acceptors (Lipinski definition) is 26. The Bertz CT molecular complexity index is 4370. The Morgan fingerprint density at radius 2 is 0.940 bits per heavy atom. The number of nitrogens with zero attached hydrogens (tertiary/aromatic N) is 1. The quantitative estimate of drug-likeness (QED) is 0.0252. The van der Waals surface area contributed by atoms with Crippen molar-refractivity contribution in [1.82, 2.24) is 0 Å². The number of anilines is 7. The zero-order valence-electron chi connectivity index (χ0n) is 42.9. The van der Waals surface area contributed by atoms with Crippen molar-refractivity contribution in [2.45, 2.75) is 29.4 Å². The van der Waals surface area contributed by atoms with Crippen LogP contribution in [-0.2, 0) is 69.1 Å². The van der Waals surface area contributed by atoms with E-state index in [-0.39, 0.29) is 16.3 Å². The molecule has 8 rings (SSSR count). The Kier molecular flexibility index (Phi) is 23.2. The molecule has 21 N–H and O–H groups in total. The second-order valence-corrected chi connectivity index (χ2v) is 27.0. The van der Waals surface area contributed by atoms with Gasteiger partial charge in [0, 0.05) is 43.3 Å². The minimum absolute atomic E-state index is 0.00522. The molecule has 36 heteroatoms. The van der Waals surface area contributed by atoms with Crippen LogP contribution >= 0.6 is 11.8 Å². The summed E-state index contributed by atoms with van der Waals surface area (Å²) >= 11 is 1.66. The summed E-state index contributed by atoms with van der Waals surface area (Å²) in [5.74, 6) is -1.66. The maximum atomic E-state index is 11.9. The van der Waals surface area contributed by atoms with Crippen molar-refractivity contribution in [3.8, 4) is 11.5 Å². The molecule has 0 aromatic heterocycles. The molecule has 0 amide bonds. The number of phenols is 2. The van der Waals surface area contributed by atoms with Crippen LogP contribution in [0.4, 0.5) is 45.5 Å². The van der Waals surface area contributed by atoms with E-state index in [1.54, 1.807) is 36.0 Å². The monoisotopic (exact) mass is 1300 g/mol. The number of nitrogens with two attached hydrogens (primary N) is 7. The second-order valence-electron chi connectivity index (χ2n) is 16.7. The van der Waals surface area contributed by atoms with Crippen LogP contribution in [0.5, 0.6) is 11.5 Å².